The zero-order chi connectivity index (χ0) is 7.68. The van der Waals surface area contributed by atoms with E-state index in [-0.39, 0.29) is 0 Å². The van der Waals surface area contributed by atoms with Gasteiger partial charge in [0.05, 0.1) is 0 Å². The molecule has 0 saturated heterocycles. The Morgan fingerprint density at radius 3 is 3.18 bits per heavy atom. The van der Waals surface area contributed by atoms with Crippen molar-refractivity contribution >= 4 is 0 Å². The summed E-state index contributed by atoms with van der Waals surface area (Å²) in [5, 5.41) is 8.63. The minimum Gasteiger partial charge on any atom is -0.237 e. The number of hydrogen-bond donors (Lipinski definition) is 0. The molecule has 52 valence electrons. The second kappa shape index (κ2) is 2.10. The van der Waals surface area contributed by atoms with Crippen LogP contribution in [0.2, 0.25) is 0 Å². The van der Waals surface area contributed by atoms with Crippen LogP contribution in [0.25, 0.3) is 11.4 Å². The molecule has 2 rings (SSSR count). The van der Waals surface area contributed by atoms with Crippen LogP contribution in [0.4, 0.5) is 0 Å². The maximum absolute atomic E-state index is 8.63. The quantitative estimate of drug-likeness (QED) is 0.558. The van der Waals surface area contributed by atoms with Crippen molar-refractivity contribution < 1.29 is 0 Å². The van der Waals surface area contributed by atoms with Crippen LogP contribution in [0, 0.1) is 11.5 Å². The molecule has 11 heavy (non-hydrogen) atoms. The normalized spacial score (nSPS) is 9.73. The Kier molecular flexibility index (Phi) is 1.13. The molecule has 0 spiro atoms. The van der Waals surface area contributed by atoms with Crippen molar-refractivity contribution in [1.29, 1.82) is 5.26 Å². The van der Waals surface area contributed by atoms with E-state index < -0.39 is 0 Å². The van der Waals surface area contributed by atoms with Gasteiger partial charge in [0.2, 0.25) is 0 Å². The van der Waals surface area contributed by atoms with Gasteiger partial charge in [-0.15, -0.1) is 0 Å². The summed E-state index contributed by atoms with van der Waals surface area (Å²) >= 11 is 0. The van der Waals surface area contributed by atoms with Crippen molar-refractivity contribution in [3.8, 4) is 17.6 Å². The largest absolute Gasteiger partial charge is 0.237 e. The number of fused-ring (bicyclic) bond motifs is 1. The molecule has 2 aliphatic heterocycles. The van der Waals surface area contributed by atoms with Crippen LogP contribution in [0.15, 0.2) is 30.6 Å². The summed E-state index contributed by atoms with van der Waals surface area (Å²) in [5.41, 5.74) is 0.994. The summed E-state index contributed by atoms with van der Waals surface area (Å²) in [6, 6.07) is 5.63. The third kappa shape index (κ3) is 0.767. The van der Waals surface area contributed by atoms with Crippen molar-refractivity contribution in [1.82, 2.24) is 9.55 Å². The predicted molar refractivity (Wildman–Crippen MR) is 39.9 cm³/mol. The minimum atomic E-state index is 0.718. The van der Waals surface area contributed by atoms with Crippen LogP contribution in [0.3, 0.4) is 0 Å². The van der Waals surface area contributed by atoms with Crippen molar-refractivity contribution in [3.05, 3.63) is 30.6 Å². The smallest absolute Gasteiger partial charge is 0.190 e. The summed E-state index contributed by atoms with van der Waals surface area (Å²) in [6.07, 6.45) is 5.39. The lowest BCUT2D eigenvalue weighted by Gasteiger charge is -1.99. The summed E-state index contributed by atoms with van der Waals surface area (Å²) in [6.45, 7) is 0. The standard InChI is InChI=1S/C8H5N3/c9-6-11-5-1-2-7-3-4-10-8(7)11/h1-5H. The van der Waals surface area contributed by atoms with E-state index in [1.807, 2.05) is 24.4 Å². The Hall–Kier alpha value is -1.82. The fourth-order valence-corrected chi connectivity index (χ4v) is 1.05. The van der Waals surface area contributed by atoms with Gasteiger partial charge < -0.3 is 0 Å². The molecule has 0 atom stereocenters. The first-order valence-corrected chi connectivity index (χ1v) is 3.24. The Balaban J connectivity index is 2.79. The molecule has 2 aliphatic rings. The van der Waals surface area contributed by atoms with Gasteiger partial charge >= 0.3 is 0 Å². The second-order valence-corrected chi connectivity index (χ2v) is 2.20. The van der Waals surface area contributed by atoms with Crippen molar-refractivity contribution in [2.75, 3.05) is 0 Å². The van der Waals surface area contributed by atoms with E-state index in [1.165, 1.54) is 4.57 Å². The predicted octanol–water partition coefficient (Wildman–Crippen LogP) is 1.32. The van der Waals surface area contributed by atoms with Crippen LogP contribution >= 0.6 is 0 Å². The Morgan fingerprint density at radius 2 is 2.36 bits per heavy atom. The Labute approximate surface area is 63.9 Å². The lowest BCUT2D eigenvalue weighted by Crippen LogP contribution is -1.94. The van der Waals surface area contributed by atoms with Crippen LogP contribution in [0.5, 0.6) is 0 Å². The number of rotatable bonds is 0. The highest BCUT2D eigenvalue weighted by Crippen LogP contribution is 2.17. The molecule has 0 radical (unpaired) electrons. The first-order chi connectivity index (χ1) is 5.42. The number of nitriles is 1. The van der Waals surface area contributed by atoms with Crippen LogP contribution in [-0.4, -0.2) is 9.55 Å². The highest BCUT2D eigenvalue weighted by molar-refractivity contribution is 5.57. The first kappa shape index (κ1) is 5.93. The summed E-state index contributed by atoms with van der Waals surface area (Å²) in [5.74, 6) is 0.718. The molecule has 0 unspecified atom stereocenters. The van der Waals surface area contributed by atoms with Gasteiger partial charge in [-0.2, -0.15) is 5.26 Å². The summed E-state index contributed by atoms with van der Waals surface area (Å²) < 4.78 is 1.44. The van der Waals surface area contributed by atoms with E-state index in [0.717, 1.165) is 11.4 Å². The number of hydrogen-bond acceptors (Lipinski definition) is 2. The van der Waals surface area contributed by atoms with Gasteiger partial charge in [-0.1, -0.05) is 0 Å². The second-order valence-electron chi connectivity index (χ2n) is 2.20. The minimum absolute atomic E-state index is 0.718. The van der Waals surface area contributed by atoms with Gasteiger partial charge in [-0.05, 0) is 18.2 Å². The van der Waals surface area contributed by atoms with Crippen molar-refractivity contribution in [3.63, 3.8) is 0 Å². The maximum Gasteiger partial charge on any atom is 0.190 e. The van der Waals surface area contributed by atoms with Gasteiger partial charge in [0, 0.05) is 18.0 Å². The molecule has 0 aliphatic carbocycles. The molecule has 0 amide bonds. The average molecular weight is 143 g/mol. The van der Waals surface area contributed by atoms with E-state index in [1.54, 1.807) is 12.4 Å². The molecule has 2 heterocycles. The molecule has 3 nitrogen and oxygen atoms in total. The topological polar surface area (TPSA) is 41.6 Å². The van der Waals surface area contributed by atoms with E-state index in [0.29, 0.717) is 0 Å². The van der Waals surface area contributed by atoms with E-state index >= 15 is 0 Å². The molecular formula is C8H5N3. The van der Waals surface area contributed by atoms with Gasteiger partial charge in [-0.25, -0.2) is 9.55 Å². The highest BCUT2D eigenvalue weighted by Gasteiger charge is 2.04. The zero-order valence-electron chi connectivity index (χ0n) is 5.73. The maximum atomic E-state index is 8.63. The summed E-state index contributed by atoms with van der Waals surface area (Å²) in [7, 11) is 0. The van der Waals surface area contributed by atoms with Crippen LogP contribution in [0.1, 0.15) is 0 Å². The fourth-order valence-electron chi connectivity index (χ4n) is 1.05. The number of nitrogens with zero attached hydrogens (tertiary/aromatic N) is 3. The van der Waals surface area contributed by atoms with Crippen LogP contribution < -0.4 is 0 Å². The number of aromatic nitrogens is 2. The lowest BCUT2D eigenvalue weighted by atomic mass is 10.2. The van der Waals surface area contributed by atoms with Crippen molar-refractivity contribution in [2.45, 2.75) is 0 Å². The highest BCUT2D eigenvalue weighted by atomic mass is 15.0. The molecule has 0 bridgehead atoms. The Morgan fingerprint density at radius 1 is 1.45 bits per heavy atom. The molecule has 0 saturated carbocycles. The van der Waals surface area contributed by atoms with E-state index in [9.17, 15) is 0 Å². The van der Waals surface area contributed by atoms with Gasteiger partial charge in [0.25, 0.3) is 0 Å². The molecule has 0 aromatic carbocycles. The molecule has 0 N–H and O–H groups in total. The Bertz CT molecular complexity index is 383. The third-order valence-electron chi connectivity index (χ3n) is 1.56. The lowest BCUT2D eigenvalue weighted by molar-refractivity contribution is 1.04. The average Bonchev–Trinajstić information content (AvgIpc) is 2.50. The number of pyridine rings is 1. The zero-order valence-corrected chi connectivity index (χ0v) is 5.73. The van der Waals surface area contributed by atoms with E-state index in [4.69, 9.17) is 5.26 Å². The van der Waals surface area contributed by atoms with E-state index in [2.05, 4.69) is 4.98 Å². The monoisotopic (exact) mass is 143 g/mol. The molecule has 3 heteroatoms. The molecule has 0 aromatic heterocycles. The fraction of sp³-hybridized carbons (Fsp3) is 0. The molecular weight excluding hydrogens is 138 g/mol. The van der Waals surface area contributed by atoms with Gasteiger partial charge in [0.15, 0.2) is 12.0 Å². The SMILES string of the molecule is N#Cn1cccc2ccnc1-2. The van der Waals surface area contributed by atoms with Gasteiger partial charge in [0.1, 0.15) is 0 Å². The summed E-state index contributed by atoms with van der Waals surface area (Å²) in [4.78, 5) is 4.03. The molecule has 0 fully saturated rings. The third-order valence-corrected chi connectivity index (χ3v) is 1.56. The van der Waals surface area contributed by atoms with Gasteiger partial charge in [-0.3, -0.25) is 0 Å². The first-order valence-electron chi connectivity index (χ1n) is 3.24. The van der Waals surface area contributed by atoms with Crippen LogP contribution in [-0.2, 0) is 0 Å². The van der Waals surface area contributed by atoms with Crippen molar-refractivity contribution in [2.24, 2.45) is 0 Å². The molecule has 0 aromatic rings.